The molecule has 3 N–H and O–H groups in total. The first kappa shape index (κ1) is 24.0. The Bertz CT molecular complexity index is 1380. The number of aromatic nitrogens is 3. The van der Waals surface area contributed by atoms with E-state index in [0.717, 1.165) is 31.2 Å². The first-order valence-corrected chi connectivity index (χ1v) is 13.4. The van der Waals surface area contributed by atoms with Crippen LogP contribution in [0.25, 0.3) is 11.3 Å². The Labute approximate surface area is 210 Å². The Hall–Kier alpha value is -3.73. The molecule has 10 nitrogen and oxygen atoms in total. The lowest BCUT2D eigenvalue weighted by molar-refractivity contribution is 0.0981. The third-order valence-corrected chi connectivity index (χ3v) is 7.64. The van der Waals surface area contributed by atoms with Crippen molar-refractivity contribution in [3.05, 3.63) is 54.2 Å². The lowest BCUT2D eigenvalue weighted by atomic mass is 10.1. The number of pyridine rings is 3. The normalized spacial score (nSPS) is 19.8. The van der Waals surface area contributed by atoms with Crippen molar-refractivity contribution in [1.29, 1.82) is 0 Å². The second-order valence-corrected chi connectivity index (χ2v) is 10.9. The van der Waals surface area contributed by atoms with Crippen molar-refractivity contribution in [2.75, 3.05) is 10.6 Å². The molecule has 1 amide bonds. The molecule has 2 atom stereocenters. The van der Waals surface area contributed by atoms with E-state index in [4.69, 9.17) is 15.5 Å². The van der Waals surface area contributed by atoms with E-state index in [1.807, 2.05) is 12.1 Å². The van der Waals surface area contributed by atoms with Crippen LogP contribution in [0.15, 0.2) is 53.7 Å². The monoisotopic (exact) mass is 508 g/mol. The lowest BCUT2D eigenvalue weighted by Gasteiger charge is -2.29. The van der Waals surface area contributed by atoms with Gasteiger partial charge >= 0.3 is 0 Å². The van der Waals surface area contributed by atoms with E-state index in [9.17, 15) is 13.2 Å². The second kappa shape index (κ2) is 9.38. The molecule has 2 aliphatic rings. The standard InChI is InChI=1S/C25H28N6O4S/c1-15-6-7-16(2)31(15)24-19(25(32)30-36(33,34)23-5-3-4-21(26)29-23)11-12-20(28-24)17-8-13-22(27-14-17)35-18-9-10-18/h3-5,8,11-16,18H,6-7,9-10H2,1-2H3,(H2,26,29)(H,30,32)/t15-,16+. The number of hydrogen-bond acceptors (Lipinski definition) is 9. The summed E-state index contributed by atoms with van der Waals surface area (Å²) in [5.74, 6) is 0.251. The summed E-state index contributed by atoms with van der Waals surface area (Å²) in [6.07, 6.45) is 5.92. The molecular weight excluding hydrogens is 480 g/mol. The molecule has 188 valence electrons. The maximum atomic E-state index is 13.3. The van der Waals surface area contributed by atoms with Crippen LogP contribution in [0.5, 0.6) is 5.88 Å². The molecule has 1 saturated carbocycles. The highest BCUT2D eigenvalue weighted by molar-refractivity contribution is 7.90. The second-order valence-electron chi connectivity index (χ2n) is 9.29. The Morgan fingerprint density at radius 1 is 1.03 bits per heavy atom. The van der Waals surface area contributed by atoms with Gasteiger partial charge in [-0.25, -0.2) is 19.7 Å². The van der Waals surface area contributed by atoms with Crippen LogP contribution in [0.1, 0.15) is 49.9 Å². The summed E-state index contributed by atoms with van der Waals surface area (Å²) in [5, 5.41) is -0.329. The molecule has 1 aliphatic carbocycles. The van der Waals surface area contributed by atoms with Crippen molar-refractivity contribution in [2.24, 2.45) is 0 Å². The highest BCUT2D eigenvalue weighted by atomic mass is 32.2. The van der Waals surface area contributed by atoms with Gasteiger partial charge in [0.25, 0.3) is 15.9 Å². The van der Waals surface area contributed by atoms with Gasteiger partial charge in [0, 0.05) is 29.9 Å². The minimum Gasteiger partial charge on any atom is -0.474 e. The molecule has 3 aromatic rings. The largest absolute Gasteiger partial charge is 0.474 e. The Morgan fingerprint density at radius 3 is 2.42 bits per heavy atom. The van der Waals surface area contributed by atoms with Gasteiger partial charge in [0.2, 0.25) is 5.88 Å². The van der Waals surface area contributed by atoms with Gasteiger partial charge in [0.05, 0.1) is 11.3 Å². The smallest absolute Gasteiger partial charge is 0.281 e. The third-order valence-electron chi connectivity index (χ3n) is 6.41. The molecule has 0 unspecified atom stereocenters. The highest BCUT2D eigenvalue weighted by Crippen LogP contribution is 2.34. The first-order valence-electron chi connectivity index (χ1n) is 11.9. The fourth-order valence-electron chi connectivity index (χ4n) is 4.36. The number of nitrogens with zero attached hydrogens (tertiary/aromatic N) is 4. The molecule has 36 heavy (non-hydrogen) atoms. The molecular formula is C25H28N6O4S. The topological polar surface area (TPSA) is 140 Å². The maximum absolute atomic E-state index is 13.3. The van der Waals surface area contributed by atoms with Gasteiger partial charge in [-0.15, -0.1) is 0 Å². The van der Waals surface area contributed by atoms with Gasteiger partial charge < -0.3 is 15.4 Å². The van der Waals surface area contributed by atoms with Crippen LogP contribution < -0.4 is 20.1 Å². The number of carbonyl (C=O) groups is 1. The zero-order valence-corrected chi connectivity index (χ0v) is 20.9. The molecule has 3 aromatic heterocycles. The predicted octanol–water partition coefficient (Wildman–Crippen LogP) is 3.16. The number of carbonyl (C=O) groups excluding carboxylic acids is 1. The van der Waals surface area contributed by atoms with Crippen LogP contribution in [0.4, 0.5) is 11.6 Å². The number of nitrogens with two attached hydrogens (primary N) is 1. The molecule has 1 saturated heterocycles. The number of nitrogens with one attached hydrogen (secondary N) is 1. The van der Waals surface area contributed by atoms with E-state index in [1.54, 1.807) is 18.3 Å². The molecule has 5 rings (SSSR count). The highest BCUT2D eigenvalue weighted by Gasteiger charge is 2.33. The van der Waals surface area contributed by atoms with Crippen molar-refractivity contribution in [1.82, 2.24) is 19.7 Å². The van der Waals surface area contributed by atoms with Crippen LogP contribution in [0.2, 0.25) is 0 Å². The lowest BCUT2D eigenvalue weighted by Crippen LogP contribution is -2.37. The fraction of sp³-hybridized carbons (Fsp3) is 0.360. The summed E-state index contributed by atoms with van der Waals surface area (Å²) < 4.78 is 33.5. The average Bonchev–Trinajstić information content (AvgIpc) is 3.60. The van der Waals surface area contributed by atoms with Crippen LogP contribution in [0, 0.1) is 0 Å². The van der Waals surface area contributed by atoms with Crippen LogP contribution in [-0.4, -0.2) is 47.5 Å². The minimum atomic E-state index is -4.23. The zero-order valence-electron chi connectivity index (χ0n) is 20.1. The number of anilines is 2. The van der Waals surface area contributed by atoms with Crippen LogP contribution >= 0.6 is 0 Å². The predicted molar refractivity (Wildman–Crippen MR) is 135 cm³/mol. The summed E-state index contributed by atoms with van der Waals surface area (Å²) in [6.45, 7) is 4.14. The van der Waals surface area contributed by atoms with Crippen molar-refractivity contribution >= 4 is 27.6 Å². The van der Waals surface area contributed by atoms with Crippen LogP contribution in [-0.2, 0) is 10.0 Å². The zero-order chi connectivity index (χ0) is 25.4. The van der Waals surface area contributed by atoms with E-state index >= 15 is 0 Å². The SMILES string of the molecule is C[C@@H]1CC[C@H](C)N1c1nc(-c2ccc(OC3CC3)nc2)ccc1C(=O)NS(=O)(=O)c1cccc(N)n1. The summed E-state index contributed by atoms with van der Waals surface area (Å²) in [6, 6.07) is 11.5. The number of amides is 1. The van der Waals surface area contributed by atoms with Gasteiger partial charge in [-0.1, -0.05) is 6.07 Å². The molecule has 0 spiro atoms. The number of rotatable bonds is 7. The van der Waals surface area contributed by atoms with Crippen molar-refractivity contribution in [2.45, 2.75) is 62.7 Å². The van der Waals surface area contributed by atoms with Crippen molar-refractivity contribution in [3.63, 3.8) is 0 Å². The molecule has 0 aromatic carbocycles. The number of hydrogen-bond donors (Lipinski definition) is 2. The number of nitrogen functional groups attached to an aromatic ring is 1. The van der Waals surface area contributed by atoms with E-state index in [1.165, 1.54) is 18.2 Å². The molecule has 2 fully saturated rings. The van der Waals surface area contributed by atoms with E-state index in [2.05, 4.69) is 33.4 Å². The molecule has 0 radical (unpaired) electrons. The van der Waals surface area contributed by atoms with Crippen molar-refractivity contribution < 1.29 is 17.9 Å². The summed E-state index contributed by atoms with van der Waals surface area (Å²) in [5.41, 5.74) is 7.18. The maximum Gasteiger partial charge on any atom is 0.281 e. The van der Waals surface area contributed by atoms with Gasteiger partial charge in [-0.3, -0.25) is 4.79 Å². The summed E-state index contributed by atoms with van der Waals surface area (Å²) in [7, 11) is -4.23. The van der Waals surface area contributed by atoms with Crippen LogP contribution in [0.3, 0.4) is 0 Å². The van der Waals surface area contributed by atoms with Gasteiger partial charge in [0.15, 0.2) is 5.03 Å². The van der Waals surface area contributed by atoms with E-state index < -0.39 is 15.9 Å². The van der Waals surface area contributed by atoms with Gasteiger partial charge in [-0.2, -0.15) is 8.42 Å². The number of sulfonamides is 1. The Balaban J connectivity index is 1.48. The van der Waals surface area contributed by atoms with Crippen molar-refractivity contribution in [3.8, 4) is 17.1 Å². The molecule has 1 aliphatic heterocycles. The molecule has 4 heterocycles. The fourth-order valence-corrected chi connectivity index (χ4v) is 5.31. The minimum absolute atomic E-state index is 0.0407. The van der Waals surface area contributed by atoms with E-state index in [0.29, 0.717) is 17.4 Å². The molecule has 0 bridgehead atoms. The summed E-state index contributed by atoms with van der Waals surface area (Å²) >= 11 is 0. The van der Waals surface area contributed by atoms with Gasteiger partial charge in [0.1, 0.15) is 17.7 Å². The third kappa shape index (κ3) is 4.97. The first-order chi connectivity index (χ1) is 17.2. The molecule has 11 heteroatoms. The number of ether oxygens (including phenoxy) is 1. The van der Waals surface area contributed by atoms with E-state index in [-0.39, 0.29) is 34.6 Å². The quantitative estimate of drug-likeness (QED) is 0.492. The summed E-state index contributed by atoms with van der Waals surface area (Å²) in [4.78, 5) is 28.4. The Morgan fingerprint density at radius 2 is 1.78 bits per heavy atom. The average molecular weight is 509 g/mol. The van der Waals surface area contributed by atoms with Gasteiger partial charge in [-0.05, 0) is 69.9 Å². The Kier molecular flexibility index (Phi) is 6.25.